The lowest BCUT2D eigenvalue weighted by Crippen LogP contribution is -2.42. The maximum absolute atomic E-state index is 12.5. The van der Waals surface area contributed by atoms with Gasteiger partial charge < -0.3 is 14.7 Å². The molecule has 2 rings (SSSR count). The molecule has 0 unspecified atom stereocenters. The van der Waals surface area contributed by atoms with Gasteiger partial charge in [0.25, 0.3) is 11.6 Å². The summed E-state index contributed by atoms with van der Waals surface area (Å²) in [5.41, 5.74) is -0.626. The smallest absolute Gasteiger partial charge is 0.327 e. The molecule has 1 fully saturated rings. The van der Waals surface area contributed by atoms with Gasteiger partial charge in [-0.05, 0) is 6.07 Å². The Bertz CT molecular complexity index is 605. The summed E-state index contributed by atoms with van der Waals surface area (Å²) in [5, 5.41) is 20.2. The number of hydrogen-bond donors (Lipinski definition) is 1. The number of nitro benzene ring substituents is 1. The van der Waals surface area contributed by atoms with E-state index in [0.717, 1.165) is 4.90 Å². The first-order valence-corrected chi connectivity index (χ1v) is 7.05. The molecule has 112 valence electrons. The summed E-state index contributed by atoms with van der Waals surface area (Å²) < 4.78 is 5.01. The highest BCUT2D eigenvalue weighted by molar-refractivity contribution is 7.99. The number of carboxylic acids is 1. The van der Waals surface area contributed by atoms with E-state index in [1.165, 1.54) is 37.1 Å². The van der Waals surface area contributed by atoms with Crippen LogP contribution in [-0.2, 0) is 4.79 Å². The van der Waals surface area contributed by atoms with Crippen molar-refractivity contribution in [2.24, 2.45) is 0 Å². The molecule has 1 saturated heterocycles. The van der Waals surface area contributed by atoms with E-state index in [0.29, 0.717) is 0 Å². The van der Waals surface area contributed by atoms with E-state index in [2.05, 4.69) is 0 Å². The Labute approximate surface area is 123 Å². The van der Waals surface area contributed by atoms with Crippen LogP contribution < -0.4 is 4.74 Å². The third-order valence-corrected chi connectivity index (χ3v) is 4.08. The molecule has 1 amide bonds. The summed E-state index contributed by atoms with van der Waals surface area (Å²) >= 11 is 1.28. The average Bonchev–Trinajstić information content (AvgIpc) is 2.95. The van der Waals surface area contributed by atoms with Gasteiger partial charge in [-0.2, -0.15) is 0 Å². The zero-order valence-corrected chi connectivity index (χ0v) is 11.8. The van der Waals surface area contributed by atoms with Crippen LogP contribution in [0.3, 0.4) is 0 Å². The molecule has 21 heavy (non-hydrogen) atoms. The number of methoxy groups -OCH3 is 1. The van der Waals surface area contributed by atoms with E-state index < -0.39 is 28.5 Å². The van der Waals surface area contributed by atoms with Crippen molar-refractivity contribution in [1.82, 2.24) is 4.90 Å². The van der Waals surface area contributed by atoms with Crippen LogP contribution in [0.5, 0.6) is 5.75 Å². The first-order valence-electron chi connectivity index (χ1n) is 5.90. The minimum absolute atomic E-state index is 0.0511. The highest BCUT2D eigenvalue weighted by Gasteiger charge is 2.38. The third kappa shape index (κ3) is 2.77. The van der Waals surface area contributed by atoms with Gasteiger partial charge in [-0.1, -0.05) is 6.07 Å². The zero-order chi connectivity index (χ0) is 15.6. The Morgan fingerprint density at radius 1 is 1.52 bits per heavy atom. The van der Waals surface area contributed by atoms with E-state index in [-0.39, 0.29) is 22.9 Å². The molecule has 0 saturated carbocycles. The molecule has 1 aliphatic rings. The van der Waals surface area contributed by atoms with Crippen molar-refractivity contribution in [1.29, 1.82) is 0 Å². The molecule has 0 aromatic heterocycles. The number of benzene rings is 1. The lowest BCUT2D eigenvalue weighted by molar-refractivity contribution is -0.385. The minimum atomic E-state index is -1.13. The molecule has 1 aliphatic heterocycles. The Morgan fingerprint density at radius 2 is 2.24 bits per heavy atom. The maximum atomic E-state index is 12.5. The van der Waals surface area contributed by atoms with E-state index in [9.17, 15) is 19.7 Å². The summed E-state index contributed by atoms with van der Waals surface area (Å²) in [6, 6.07) is 3.03. The SMILES string of the molecule is COc1cccc([N+](=O)[O-])c1C(=O)N1CSC[C@H]1C(=O)O. The predicted molar refractivity (Wildman–Crippen MR) is 74.6 cm³/mol. The zero-order valence-electron chi connectivity index (χ0n) is 11.0. The van der Waals surface area contributed by atoms with E-state index >= 15 is 0 Å². The van der Waals surface area contributed by atoms with Crippen molar-refractivity contribution in [3.63, 3.8) is 0 Å². The highest BCUT2D eigenvalue weighted by Crippen LogP contribution is 2.32. The number of amides is 1. The van der Waals surface area contributed by atoms with Crippen LogP contribution in [0, 0.1) is 10.1 Å². The molecule has 0 radical (unpaired) electrons. The molecule has 1 N–H and O–H groups in total. The van der Waals surface area contributed by atoms with Gasteiger partial charge in [0.1, 0.15) is 11.8 Å². The first-order chi connectivity index (χ1) is 9.97. The summed E-state index contributed by atoms with van der Waals surface area (Å²) in [5.74, 6) is -1.37. The van der Waals surface area contributed by atoms with Gasteiger partial charge in [-0.15, -0.1) is 11.8 Å². The van der Waals surface area contributed by atoms with Crippen molar-refractivity contribution in [2.45, 2.75) is 6.04 Å². The molecule has 0 aliphatic carbocycles. The van der Waals surface area contributed by atoms with Gasteiger partial charge in [0, 0.05) is 11.8 Å². The van der Waals surface area contributed by atoms with Crippen LogP contribution in [-0.4, -0.2) is 51.6 Å². The van der Waals surface area contributed by atoms with E-state index in [4.69, 9.17) is 9.84 Å². The number of nitrogens with zero attached hydrogens (tertiary/aromatic N) is 2. The van der Waals surface area contributed by atoms with Crippen molar-refractivity contribution >= 4 is 29.3 Å². The van der Waals surface area contributed by atoms with Crippen molar-refractivity contribution in [3.8, 4) is 5.75 Å². The largest absolute Gasteiger partial charge is 0.496 e. The molecule has 1 aromatic carbocycles. The number of thioether (sulfide) groups is 1. The Kier molecular flexibility index (Phi) is 4.32. The summed E-state index contributed by atoms with van der Waals surface area (Å²) in [6.45, 7) is 0. The van der Waals surface area contributed by atoms with Crippen molar-refractivity contribution in [3.05, 3.63) is 33.9 Å². The molecule has 1 atom stereocenters. The normalized spacial score (nSPS) is 17.6. The quantitative estimate of drug-likeness (QED) is 0.657. The number of carbonyl (C=O) groups excluding carboxylic acids is 1. The highest BCUT2D eigenvalue weighted by atomic mass is 32.2. The molecular weight excluding hydrogens is 300 g/mol. The number of hydrogen-bond acceptors (Lipinski definition) is 6. The van der Waals surface area contributed by atoms with Gasteiger partial charge in [0.05, 0.1) is 17.9 Å². The Morgan fingerprint density at radius 3 is 2.81 bits per heavy atom. The number of aliphatic carboxylic acids is 1. The van der Waals surface area contributed by atoms with E-state index in [1.807, 2.05) is 0 Å². The fraction of sp³-hybridized carbons (Fsp3) is 0.333. The number of ether oxygens (including phenoxy) is 1. The van der Waals surface area contributed by atoms with Crippen LogP contribution in [0.1, 0.15) is 10.4 Å². The second-order valence-corrected chi connectivity index (χ2v) is 5.24. The molecular formula is C12H12N2O6S. The number of carbonyl (C=O) groups is 2. The first kappa shape index (κ1) is 15.1. The van der Waals surface area contributed by atoms with Gasteiger partial charge in [-0.25, -0.2) is 4.79 Å². The third-order valence-electron chi connectivity index (χ3n) is 3.06. The standard InChI is InChI=1S/C12H12N2O6S/c1-20-9-4-2-3-7(14(18)19)10(9)11(15)13-6-21-5-8(13)12(16)17/h2-4,8H,5-6H2,1H3,(H,16,17)/t8-/m0/s1. The monoisotopic (exact) mass is 312 g/mol. The second kappa shape index (κ2) is 6.00. The molecule has 9 heteroatoms. The molecule has 1 heterocycles. The second-order valence-electron chi connectivity index (χ2n) is 4.24. The van der Waals surface area contributed by atoms with Gasteiger partial charge in [-0.3, -0.25) is 14.9 Å². The van der Waals surface area contributed by atoms with Gasteiger partial charge in [0.2, 0.25) is 0 Å². The average molecular weight is 312 g/mol. The summed E-state index contributed by atoms with van der Waals surface area (Å²) in [6.07, 6.45) is 0. The summed E-state index contributed by atoms with van der Waals surface area (Å²) in [4.78, 5) is 35.2. The number of nitro groups is 1. The molecule has 0 spiro atoms. The maximum Gasteiger partial charge on any atom is 0.327 e. The molecule has 1 aromatic rings. The Hall–Kier alpha value is -2.29. The van der Waals surface area contributed by atoms with Crippen molar-refractivity contribution < 1.29 is 24.4 Å². The summed E-state index contributed by atoms with van der Waals surface area (Å²) in [7, 11) is 1.29. The van der Waals surface area contributed by atoms with Crippen LogP contribution in [0.25, 0.3) is 0 Å². The lowest BCUT2D eigenvalue weighted by Gasteiger charge is -2.21. The predicted octanol–water partition coefficient (Wildman–Crippen LogP) is 1.20. The van der Waals surface area contributed by atoms with Gasteiger partial charge in [0.15, 0.2) is 5.56 Å². The minimum Gasteiger partial charge on any atom is -0.496 e. The molecule has 8 nitrogen and oxygen atoms in total. The fourth-order valence-corrected chi connectivity index (χ4v) is 3.19. The topological polar surface area (TPSA) is 110 Å². The lowest BCUT2D eigenvalue weighted by atomic mass is 10.1. The van der Waals surface area contributed by atoms with Crippen LogP contribution >= 0.6 is 11.8 Å². The van der Waals surface area contributed by atoms with Crippen LogP contribution in [0.15, 0.2) is 18.2 Å². The van der Waals surface area contributed by atoms with Crippen molar-refractivity contribution in [2.75, 3.05) is 18.7 Å². The fourth-order valence-electron chi connectivity index (χ4n) is 2.05. The van der Waals surface area contributed by atoms with Crippen LogP contribution in [0.4, 0.5) is 5.69 Å². The van der Waals surface area contributed by atoms with Gasteiger partial charge >= 0.3 is 5.97 Å². The number of rotatable bonds is 4. The Balaban J connectivity index is 2.47. The van der Waals surface area contributed by atoms with Crippen LogP contribution in [0.2, 0.25) is 0 Å². The molecule has 0 bridgehead atoms. The number of carboxylic acid groups (broad SMARTS) is 1. The van der Waals surface area contributed by atoms with E-state index in [1.54, 1.807) is 0 Å².